The van der Waals surface area contributed by atoms with Crippen molar-refractivity contribution in [1.82, 2.24) is 15.2 Å². The summed E-state index contributed by atoms with van der Waals surface area (Å²) in [7, 11) is 0. The highest BCUT2D eigenvalue weighted by Gasteiger charge is 2.35. The van der Waals surface area contributed by atoms with Crippen molar-refractivity contribution in [2.45, 2.75) is 37.0 Å². The van der Waals surface area contributed by atoms with E-state index in [0.717, 1.165) is 62.5 Å². The number of fused-ring (bicyclic) bond motifs is 1. The number of nitrogens with zero attached hydrogens (tertiary/aromatic N) is 2. The van der Waals surface area contributed by atoms with Crippen molar-refractivity contribution in [1.29, 1.82) is 0 Å². The number of halogens is 1. The fourth-order valence-electron chi connectivity index (χ4n) is 5.08. The van der Waals surface area contributed by atoms with Crippen LogP contribution in [0.4, 0.5) is 0 Å². The quantitative estimate of drug-likeness (QED) is 0.536. The first kappa shape index (κ1) is 22.8. The van der Waals surface area contributed by atoms with Gasteiger partial charge in [-0.15, -0.1) is 11.3 Å². The van der Waals surface area contributed by atoms with Gasteiger partial charge < -0.3 is 10.1 Å². The van der Waals surface area contributed by atoms with Crippen LogP contribution in [0.2, 0.25) is 5.02 Å². The summed E-state index contributed by atoms with van der Waals surface area (Å²) in [6, 6.07) is 16.5. The summed E-state index contributed by atoms with van der Waals surface area (Å²) >= 11 is 7.88. The van der Waals surface area contributed by atoms with Gasteiger partial charge in [-0.05, 0) is 62.5 Å². The van der Waals surface area contributed by atoms with Gasteiger partial charge in [0, 0.05) is 36.1 Å². The molecule has 1 aromatic heterocycles. The molecule has 0 saturated carbocycles. The van der Waals surface area contributed by atoms with Crippen LogP contribution in [0.25, 0.3) is 10.2 Å². The summed E-state index contributed by atoms with van der Waals surface area (Å²) in [6.45, 7) is 4.47. The van der Waals surface area contributed by atoms with E-state index in [1.165, 1.54) is 15.3 Å². The molecule has 174 valence electrons. The van der Waals surface area contributed by atoms with Crippen molar-refractivity contribution in [2.24, 2.45) is 0 Å². The van der Waals surface area contributed by atoms with Crippen molar-refractivity contribution in [3.8, 4) is 0 Å². The predicted octanol–water partition coefficient (Wildman–Crippen LogP) is 4.99. The molecule has 0 unspecified atom stereocenters. The number of amides is 1. The Morgan fingerprint density at radius 3 is 2.67 bits per heavy atom. The SMILES string of the molecule is O=C(CN1CCC(c2nc3cc(Cl)ccc3s2)CC1)NCC1(c2ccccc2)CCOCC1. The molecule has 7 heteroatoms. The Hall–Kier alpha value is -1.99. The highest BCUT2D eigenvalue weighted by molar-refractivity contribution is 7.18. The van der Waals surface area contributed by atoms with Gasteiger partial charge in [0.1, 0.15) is 0 Å². The number of carbonyl (C=O) groups excluding carboxylic acids is 1. The second-order valence-electron chi connectivity index (χ2n) is 9.25. The number of carbonyl (C=O) groups is 1. The first-order chi connectivity index (χ1) is 16.1. The molecule has 2 aliphatic rings. The summed E-state index contributed by atoms with van der Waals surface area (Å²) in [5.74, 6) is 0.578. The average molecular weight is 484 g/mol. The molecule has 3 heterocycles. The highest BCUT2D eigenvalue weighted by Crippen LogP contribution is 2.35. The Morgan fingerprint density at radius 2 is 1.91 bits per heavy atom. The van der Waals surface area contributed by atoms with Crippen LogP contribution in [0.3, 0.4) is 0 Å². The number of piperidine rings is 1. The Balaban J connectivity index is 1.14. The molecule has 5 rings (SSSR count). The van der Waals surface area contributed by atoms with Crippen LogP contribution in [0, 0.1) is 0 Å². The lowest BCUT2D eigenvalue weighted by atomic mass is 9.74. The number of nitrogens with one attached hydrogen (secondary N) is 1. The van der Waals surface area contributed by atoms with E-state index in [1.807, 2.05) is 18.2 Å². The van der Waals surface area contributed by atoms with E-state index in [0.29, 0.717) is 19.0 Å². The molecule has 3 aromatic rings. The number of benzene rings is 2. The highest BCUT2D eigenvalue weighted by atomic mass is 35.5. The lowest BCUT2D eigenvalue weighted by molar-refractivity contribution is -0.123. The maximum atomic E-state index is 12.8. The lowest BCUT2D eigenvalue weighted by Crippen LogP contribution is -2.47. The van der Waals surface area contributed by atoms with Gasteiger partial charge in [-0.2, -0.15) is 0 Å². The third kappa shape index (κ3) is 5.24. The number of rotatable bonds is 6. The predicted molar refractivity (Wildman–Crippen MR) is 134 cm³/mol. The van der Waals surface area contributed by atoms with Gasteiger partial charge in [-0.25, -0.2) is 4.98 Å². The Morgan fingerprint density at radius 1 is 1.15 bits per heavy atom. The molecule has 5 nitrogen and oxygen atoms in total. The number of hydrogen-bond donors (Lipinski definition) is 1. The zero-order chi connectivity index (χ0) is 22.7. The minimum absolute atomic E-state index is 0.0299. The fraction of sp³-hybridized carbons (Fsp3) is 0.462. The third-order valence-electron chi connectivity index (χ3n) is 7.13. The van der Waals surface area contributed by atoms with Crippen LogP contribution >= 0.6 is 22.9 Å². The third-order valence-corrected chi connectivity index (χ3v) is 8.56. The van der Waals surface area contributed by atoms with E-state index in [-0.39, 0.29) is 11.3 Å². The van der Waals surface area contributed by atoms with Crippen molar-refractivity contribution >= 4 is 39.1 Å². The van der Waals surface area contributed by atoms with Crippen LogP contribution in [0.5, 0.6) is 0 Å². The van der Waals surface area contributed by atoms with Crippen molar-refractivity contribution in [3.05, 3.63) is 64.1 Å². The molecule has 1 N–H and O–H groups in total. The first-order valence-corrected chi connectivity index (χ1v) is 13.0. The molecule has 1 amide bonds. The molecule has 0 atom stereocenters. The Kier molecular flexibility index (Phi) is 6.97. The minimum Gasteiger partial charge on any atom is -0.381 e. The number of likely N-dealkylation sites (tertiary alicyclic amines) is 1. The van der Waals surface area contributed by atoms with Gasteiger partial charge in [-0.1, -0.05) is 41.9 Å². The van der Waals surface area contributed by atoms with Gasteiger partial charge in [0.25, 0.3) is 0 Å². The molecule has 2 saturated heterocycles. The van der Waals surface area contributed by atoms with Crippen LogP contribution in [0.1, 0.15) is 42.2 Å². The summed E-state index contributed by atoms with van der Waals surface area (Å²) in [4.78, 5) is 19.9. The minimum atomic E-state index is -0.0299. The first-order valence-electron chi connectivity index (χ1n) is 11.8. The normalized spacial score (nSPS) is 19.5. The van der Waals surface area contributed by atoms with Crippen LogP contribution in [-0.4, -0.2) is 55.2 Å². The van der Waals surface area contributed by atoms with Crippen molar-refractivity contribution < 1.29 is 9.53 Å². The molecule has 0 radical (unpaired) electrons. The summed E-state index contributed by atoms with van der Waals surface area (Å²) in [5.41, 5.74) is 2.26. The summed E-state index contributed by atoms with van der Waals surface area (Å²) in [5, 5.41) is 5.17. The Labute approximate surface area is 204 Å². The molecule has 0 bridgehead atoms. The standard InChI is InChI=1S/C26H30ClN3O2S/c27-21-6-7-23-22(16-21)29-25(33-23)19-8-12-30(13-9-19)17-24(31)28-18-26(10-14-32-15-11-26)20-4-2-1-3-5-20/h1-7,16,19H,8-15,17-18H2,(H,28,31). The molecular formula is C26H30ClN3O2S. The topological polar surface area (TPSA) is 54.5 Å². The summed E-state index contributed by atoms with van der Waals surface area (Å²) in [6.07, 6.45) is 3.95. The number of aromatic nitrogens is 1. The average Bonchev–Trinajstić information content (AvgIpc) is 3.28. The molecule has 2 fully saturated rings. The van der Waals surface area contributed by atoms with Crippen LogP contribution in [-0.2, 0) is 14.9 Å². The van der Waals surface area contributed by atoms with Gasteiger partial charge >= 0.3 is 0 Å². The molecule has 2 aliphatic heterocycles. The fourth-order valence-corrected chi connectivity index (χ4v) is 6.36. The molecule has 33 heavy (non-hydrogen) atoms. The second-order valence-corrected chi connectivity index (χ2v) is 10.7. The zero-order valence-corrected chi connectivity index (χ0v) is 20.3. The van der Waals surface area contributed by atoms with Gasteiger partial charge in [0.05, 0.1) is 21.8 Å². The molecule has 2 aromatic carbocycles. The molecular weight excluding hydrogens is 454 g/mol. The number of hydrogen-bond acceptors (Lipinski definition) is 5. The van der Waals surface area contributed by atoms with Crippen LogP contribution < -0.4 is 5.32 Å². The maximum Gasteiger partial charge on any atom is 0.234 e. The monoisotopic (exact) mass is 483 g/mol. The largest absolute Gasteiger partial charge is 0.381 e. The van der Waals surface area contributed by atoms with E-state index in [1.54, 1.807) is 11.3 Å². The number of ether oxygens (including phenoxy) is 1. The summed E-state index contributed by atoms with van der Waals surface area (Å²) < 4.78 is 6.81. The van der Waals surface area contributed by atoms with Gasteiger partial charge in [0.2, 0.25) is 5.91 Å². The van der Waals surface area contributed by atoms with Crippen molar-refractivity contribution in [2.75, 3.05) is 39.4 Å². The number of thiazole rings is 1. The van der Waals surface area contributed by atoms with Crippen molar-refractivity contribution in [3.63, 3.8) is 0 Å². The smallest absolute Gasteiger partial charge is 0.234 e. The van der Waals surface area contributed by atoms with E-state index in [9.17, 15) is 4.79 Å². The molecule has 0 aliphatic carbocycles. The second kappa shape index (κ2) is 10.1. The van der Waals surface area contributed by atoms with Crippen LogP contribution in [0.15, 0.2) is 48.5 Å². The van der Waals surface area contributed by atoms with E-state index in [2.05, 4.69) is 40.5 Å². The van der Waals surface area contributed by atoms with Gasteiger partial charge in [-0.3, -0.25) is 9.69 Å². The van der Waals surface area contributed by atoms with E-state index < -0.39 is 0 Å². The van der Waals surface area contributed by atoms with E-state index >= 15 is 0 Å². The molecule has 0 spiro atoms. The lowest BCUT2D eigenvalue weighted by Gasteiger charge is -2.38. The van der Waals surface area contributed by atoms with Gasteiger partial charge in [0.15, 0.2) is 0 Å². The van der Waals surface area contributed by atoms with E-state index in [4.69, 9.17) is 21.3 Å². The Bertz CT molecular complexity index is 1090. The maximum absolute atomic E-state index is 12.8. The zero-order valence-electron chi connectivity index (χ0n) is 18.8.